The molecule has 4 rings (SSSR count). The van der Waals surface area contributed by atoms with Gasteiger partial charge in [0.1, 0.15) is 29.5 Å². The van der Waals surface area contributed by atoms with E-state index in [0.29, 0.717) is 5.69 Å². The van der Waals surface area contributed by atoms with Crippen molar-refractivity contribution in [2.75, 3.05) is 32.6 Å². The van der Waals surface area contributed by atoms with Crippen molar-refractivity contribution >= 4 is 17.7 Å². The number of amides is 1. The molecule has 2 aliphatic rings. The van der Waals surface area contributed by atoms with Crippen LogP contribution in [-0.4, -0.2) is 78.0 Å². The Morgan fingerprint density at radius 1 is 1.03 bits per heavy atom. The Labute approximate surface area is 215 Å². The van der Waals surface area contributed by atoms with Crippen molar-refractivity contribution in [3.63, 3.8) is 0 Å². The van der Waals surface area contributed by atoms with Gasteiger partial charge in [-0.1, -0.05) is 12.1 Å². The fourth-order valence-corrected chi connectivity index (χ4v) is 5.79. The van der Waals surface area contributed by atoms with Crippen molar-refractivity contribution in [1.82, 2.24) is 9.80 Å². The predicted molar refractivity (Wildman–Crippen MR) is 134 cm³/mol. The molecular weight excluding hydrogens is 484 g/mol. The Kier molecular flexibility index (Phi) is 7.59. The fraction of sp³-hybridized carbons (Fsp3) is 0.481. The van der Waals surface area contributed by atoms with E-state index in [4.69, 9.17) is 4.74 Å². The number of carboxylic acids is 1. The van der Waals surface area contributed by atoms with Crippen molar-refractivity contribution in [1.29, 1.82) is 0 Å². The molecule has 1 aliphatic carbocycles. The highest BCUT2D eigenvalue weighted by molar-refractivity contribution is 5.80. The fourth-order valence-electron chi connectivity index (χ4n) is 5.79. The summed E-state index contributed by atoms with van der Waals surface area (Å²) in [4.78, 5) is 27.8. The van der Waals surface area contributed by atoms with Gasteiger partial charge in [0.05, 0.1) is 6.54 Å². The van der Waals surface area contributed by atoms with Gasteiger partial charge in [-0.25, -0.2) is 18.4 Å². The lowest BCUT2D eigenvalue weighted by Gasteiger charge is -2.47. The molecule has 0 aromatic heterocycles. The van der Waals surface area contributed by atoms with Crippen LogP contribution in [0.1, 0.15) is 37.7 Å². The van der Waals surface area contributed by atoms with Gasteiger partial charge in [0.15, 0.2) is 0 Å². The second kappa shape index (κ2) is 10.5. The van der Waals surface area contributed by atoms with Crippen LogP contribution in [0, 0.1) is 11.6 Å². The molecule has 2 fully saturated rings. The van der Waals surface area contributed by atoms with Gasteiger partial charge in [0, 0.05) is 42.9 Å². The first-order valence-electron chi connectivity index (χ1n) is 12.4. The maximum absolute atomic E-state index is 14.6. The first-order chi connectivity index (χ1) is 17.5. The van der Waals surface area contributed by atoms with Gasteiger partial charge in [-0.15, -0.1) is 0 Å². The Morgan fingerprint density at radius 2 is 1.73 bits per heavy atom. The second-order valence-electron chi connectivity index (χ2n) is 10.2. The van der Waals surface area contributed by atoms with Crippen LogP contribution in [-0.2, 0) is 10.3 Å². The minimum absolute atomic E-state index is 0.0152. The Hall–Kier alpha value is -3.40. The average molecular weight is 518 g/mol. The third kappa shape index (κ3) is 5.49. The third-order valence-electron chi connectivity index (χ3n) is 7.91. The minimum Gasteiger partial charge on any atom is -0.488 e. The first kappa shape index (κ1) is 26.7. The largest absolute Gasteiger partial charge is 0.488 e. The number of halogens is 2. The molecule has 200 valence electrons. The van der Waals surface area contributed by atoms with E-state index in [9.17, 15) is 28.6 Å². The quantitative estimate of drug-likeness (QED) is 0.563. The molecule has 1 saturated heterocycles. The van der Waals surface area contributed by atoms with E-state index in [0.717, 1.165) is 36.1 Å². The van der Waals surface area contributed by atoms with E-state index >= 15 is 0 Å². The third-order valence-corrected chi connectivity index (χ3v) is 7.91. The molecule has 0 radical (unpaired) electrons. The number of aliphatic carboxylic acids is 1. The van der Waals surface area contributed by atoms with E-state index in [2.05, 4.69) is 4.90 Å². The van der Waals surface area contributed by atoms with E-state index in [1.165, 1.54) is 18.2 Å². The van der Waals surface area contributed by atoms with Crippen LogP contribution in [0.15, 0.2) is 42.5 Å². The molecule has 2 aromatic rings. The summed E-state index contributed by atoms with van der Waals surface area (Å²) in [6, 6.07) is 10.0. The van der Waals surface area contributed by atoms with Crippen LogP contribution in [0.3, 0.4) is 0 Å². The first-order valence-corrected chi connectivity index (χ1v) is 12.4. The van der Waals surface area contributed by atoms with Crippen molar-refractivity contribution in [2.24, 2.45) is 0 Å². The summed E-state index contributed by atoms with van der Waals surface area (Å²) in [6.07, 6.45) is 1.20. The van der Waals surface area contributed by atoms with Crippen LogP contribution in [0.2, 0.25) is 0 Å². The van der Waals surface area contributed by atoms with E-state index in [1.807, 2.05) is 32.1 Å². The summed E-state index contributed by atoms with van der Waals surface area (Å²) >= 11 is 0. The second-order valence-corrected chi connectivity index (χ2v) is 10.2. The molecule has 1 heterocycles. The van der Waals surface area contributed by atoms with Crippen LogP contribution in [0.25, 0.3) is 0 Å². The maximum Gasteiger partial charge on any atom is 0.408 e. The lowest BCUT2D eigenvalue weighted by Crippen LogP contribution is -2.48. The lowest BCUT2D eigenvalue weighted by molar-refractivity contribution is -0.141. The smallest absolute Gasteiger partial charge is 0.408 e. The number of hydrogen-bond acceptors (Lipinski definition) is 5. The van der Waals surface area contributed by atoms with E-state index in [1.54, 1.807) is 18.2 Å². The number of nitrogens with zero attached hydrogens (tertiary/aromatic N) is 3. The van der Waals surface area contributed by atoms with Gasteiger partial charge < -0.3 is 19.8 Å². The lowest BCUT2D eigenvalue weighted by atomic mass is 9.73. The molecule has 1 amide bonds. The topological polar surface area (TPSA) is 93.5 Å². The number of likely N-dealkylation sites (tertiary alicyclic amines) is 1. The van der Waals surface area contributed by atoms with E-state index in [-0.39, 0.29) is 36.1 Å². The van der Waals surface area contributed by atoms with Gasteiger partial charge in [-0.2, -0.15) is 0 Å². The SMILES string of the molecule is CN(c1cc(F)cc(O[C@H]2C[C@@H](C(=O)O)N(C(=O)O)C2)c1)C1CCC(c2cccc(F)c2)(N(C)C)CC1. The van der Waals surface area contributed by atoms with Crippen LogP contribution in [0.4, 0.5) is 19.3 Å². The zero-order valence-electron chi connectivity index (χ0n) is 21.2. The minimum atomic E-state index is -1.33. The van der Waals surface area contributed by atoms with Gasteiger partial charge in [-0.3, -0.25) is 9.80 Å². The number of carboxylic acid groups (broad SMARTS) is 2. The molecule has 0 unspecified atom stereocenters. The Morgan fingerprint density at radius 3 is 2.30 bits per heavy atom. The van der Waals surface area contributed by atoms with Crippen molar-refractivity contribution in [3.05, 3.63) is 59.7 Å². The Bertz CT molecular complexity index is 1130. The molecule has 0 bridgehead atoms. The van der Waals surface area contributed by atoms with Gasteiger partial charge in [0.2, 0.25) is 0 Å². The van der Waals surface area contributed by atoms with Crippen molar-refractivity contribution in [2.45, 2.75) is 55.8 Å². The highest BCUT2D eigenvalue weighted by Crippen LogP contribution is 2.43. The molecule has 37 heavy (non-hydrogen) atoms. The number of carbonyl (C=O) groups is 2. The molecule has 0 spiro atoms. The number of ether oxygens (including phenoxy) is 1. The zero-order chi connectivity index (χ0) is 26.9. The summed E-state index contributed by atoms with van der Waals surface area (Å²) in [5.74, 6) is -1.77. The summed E-state index contributed by atoms with van der Waals surface area (Å²) in [7, 11) is 5.92. The van der Waals surface area contributed by atoms with Crippen molar-refractivity contribution < 1.29 is 33.3 Å². The Balaban J connectivity index is 1.47. The van der Waals surface area contributed by atoms with Crippen molar-refractivity contribution in [3.8, 4) is 5.75 Å². The molecule has 2 N–H and O–H groups in total. The maximum atomic E-state index is 14.6. The number of rotatable bonds is 7. The monoisotopic (exact) mass is 517 g/mol. The number of benzene rings is 2. The summed E-state index contributed by atoms with van der Waals surface area (Å²) in [6.45, 7) is -0.108. The highest BCUT2D eigenvalue weighted by atomic mass is 19.1. The van der Waals surface area contributed by atoms with Crippen LogP contribution >= 0.6 is 0 Å². The number of hydrogen-bond donors (Lipinski definition) is 2. The van der Waals surface area contributed by atoms with Gasteiger partial charge in [-0.05, 0) is 63.5 Å². The summed E-state index contributed by atoms with van der Waals surface area (Å²) in [5, 5.41) is 18.6. The van der Waals surface area contributed by atoms with Crippen LogP contribution in [0.5, 0.6) is 5.75 Å². The summed E-state index contributed by atoms with van der Waals surface area (Å²) in [5.41, 5.74) is 1.28. The molecule has 1 aliphatic heterocycles. The summed E-state index contributed by atoms with van der Waals surface area (Å²) < 4.78 is 34.4. The molecular formula is C27H33F2N3O5. The standard InChI is InChI=1S/C27H33F2N3O5/c1-30(2)27(17-5-4-6-18(28)11-17)9-7-20(8-10-27)31(3)21-12-19(29)13-22(14-21)37-23-15-24(25(33)34)32(16-23)26(35)36/h4-6,11-14,20,23-24H,7-10,15-16H2,1-3H3,(H,33,34)(H,35,36)/t20?,23-,24-,27?/m0/s1. The zero-order valence-corrected chi connectivity index (χ0v) is 21.2. The predicted octanol–water partition coefficient (Wildman–Crippen LogP) is 4.39. The normalized spacial score (nSPS) is 25.8. The van der Waals surface area contributed by atoms with Crippen LogP contribution < -0.4 is 9.64 Å². The van der Waals surface area contributed by atoms with Gasteiger partial charge in [0.25, 0.3) is 0 Å². The molecule has 10 heteroatoms. The average Bonchev–Trinajstić information content (AvgIpc) is 3.27. The molecule has 2 atom stereocenters. The highest BCUT2D eigenvalue weighted by Gasteiger charge is 2.42. The van der Waals surface area contributed by atoms with Gasteiger partial charge >= 0.3 is 12.1 Å². The molecule has 1 saturated carbocycles. The molecule has 8 nitrogen and oxygen atoms in total. The number of anilines is 1. The molecule has 2 aromatic carbocycles. The van der Waals surface area contributed by atoms with E-state index < -0.39 is 30.0 Å².